The number of fused-ring (bicyclic) bond motifs is 1. The number of aromatic nitrogens is 1. The predicted molar refractivity (Wildman–Crippen MR) is 194 cm³/mol. The standard InChI is InChI=1S/C10H8F2NO4PS.C7H13NO2.C6H8N2O.C6H7NO.C5H11N/c11-10(12,18(15,16)17)6-1-2-7-5(3-6)4-8(19-7)9(13)14;1-3-8(7(2)10)5-4-6-9;7-3-6-1-2-8(4-6)5-9;1-8-6-4-2-3-5-7-6;1-6-4-2-3-5-6/h1-4H,(H2,13,14)(H2,15,16,17);6H,3-5H2,1-2H3;5-6H,1-2,4H2;2-5H,1H3;2-5H2,1H3. The summed E-state index contributed by atoms with van der Waals surface area (Å²) in [5.74, 6) is 0.0801. The van der Waals surface area contributed by atoms with E-state index in [1.54, 1.807) is 29.2 Å². The van der Waals surface area contributed by atoms with Crippen molar-refractivity contribution in [3.05, 3.63) is 59.1 Å². The average Bonchev–Trinajstić information content (AvgIpc) is 3.90. The molecule has 3 aromatic rings. The van der Waals surface area contributed by atoms with Crippen LogP contribution in [0.5, 0.6) is 5.88 Å². The second-order valence-corrected chi connectivity index (χ2v) is 14.2. The summed E-state index contributed by atoms with van der Waals surface area (Å²) in [5.41, 5.74) is -0.00188. The summed E-state index contributed by atoms with van der Waals surface area (Å²) < 4.78 is 43.1. The maximum absolute atomic E-state index is 13.5. The largest absolute Gasteiger partial charge is 0.481 e. The first kappa shape index (κ1) is 45.7. The molecule has 18 heteroatoms. The minimum atomic E-state index is -5.60. The van der Waals surface area contributed by atoms with Crippen LogP contribution in [0.4, 0.5) is 8.78 Å². The van der Waals surface area contributed by atoms with Crippen LogP contribution in [0.15, 0.2) is 48.7 Å². The summed E-state index contributed by atoms with van der Waals surface area (Å²) in [5, 5.41) is 8.67. The highest BCUT2D eigenvalue weighted by Crippen LogP contribution is 2.59. The topological polar surface area (TPSA) is 207 Å². The molecule has 2 aliphatic rings. The number of halogens is 2. The lowest BCUT2D eigenvalue weighted by atomic mass is 10.1. The molecule has 52 heavy (non-hydrogen) atoms. The highest BCUT2D eigenvalue weighted by Gasteiger charge is 2.50. The quantitative estimate of drug-likeness (QED) is 0.205. The third-order valence-corrected chi connectivity index (χ3v) is 9.66. The van der Waals surface area contributed by atoms with E-state index in [0.717, 1.165) is 49.1 Å². The average molecular weight is 769 g/mol. The Morgan fingerprint density at radius 1 is 1.19 bits per heavy atom. The van der Waals surface area contributed by atoms with Gasteiger partial charge in [-0.2, -0.15) is 14.0 Å². The van der Waals surface area contributed by atoms with Crippen LogP contribution in [-0.4, -0.2) is 107 Å². The van der Waals surface area contributed by atoms with Crippen molar-refractivity contribution in [2.45, 2.75) is 45.2 Å². The number of amides is 3. The lowest BCUT2D eigenvalue weighted by Gasteiger charge is -2.17. The van der Waals surface area contributed by atoms with E-state index < -0.39 is 24.7 Å². The minimum absolute atomic E-state index is 0.0318. The smallest absolute Gasteiger partial charge is 0.399 e. The zero-order valence-electron chi connectivity index (χ0n) is 29.7. The number of aldehydes is 1. The van der Waals surface area contributed by atoms with E-state index in [4.69, 9.17) is 25.5 Å². The Balaban J connectivity index is 0.000000349. The molecular weight excluding hydrogens is 721 g/mol. The highest BCUT2D eigenvalue weighted by molar-refractivity contribution is 7.52. The van der Waals surface area contributed by atoms with Gasteiger partial charge in [0, 0.05) is 62.1 Å². The monoisotopic (exact) mass is 768 g/mol. The molecule has 14 nitrogen and oxygen atoms in total. The molecule has 3 amide bonds. The van der Waals surface area contributed by atoms with Crippen molar-refractivity contribution in [2.24, 2.45) is 11.7 Å². The Bertz CT molecular complexity index is 1650. The molecule has 2 saturated heterocycles. The van der Waals surface area contributed by atoms with Gasteiger partial charge in [0.1, 0.15) is 6.29 Å². The molecule has 4 heterocycles. The van der Waals surface area contributed by atoms with Crippen LogP contribution >= 0.6 is 18.9 Å². The van der Waals surface area contributed by atoms with Crippen LogP contribution in [0.25, 0.3) is 10.1 Å². The number of benzene rings is 1. The maximum atomic E-state index is 13.5. The Kier molecular flexibility index (Phi) is 20.5. The van der Waals surface area contributed by atoms with Crippen molar-refractivity contribution in [3.63, 3.8) is 0 Å². The summed E-state index contributed by atoms with van der Waals surface area (Å²) in [4.78, 5) is 68.7. The Morgan fingerprint density at radius 2 is 1.87 bits per heavy atom. The molecule has 1 atom stereocenters. The van der Waals surface area contributed by atoms with E-state index in [0.29, 0.717) is 36.6 Å². The van der Waals surface area contributed by atoms with Gasteiger partial charge >= 0.3 is 13.3 Å². The van der Waals surface area contributed by atoms with Crippen LogP contribution in [0.1, 0.15) is 54.8 Å². The number of methoxy groups -OCH3 is 1. The fourth-order valence-electron chi connectivity index (χ4n) is 4.60. The van der Waals surface area contributed by atoms with Crippen LogP contribution in [0, 0.1) is 17.2 Å². The van der Waals surface area contributed by atoms with E-state index in [-0.39, 0.29) is 22.1 Å². The van der Waals surface area contributed by atoms with Crippen molar-refractivity contribution in [1.29, 1.82) is 5.26 Å². The lowest BCUT2D eigenvalue weighted by Crippen LogP contribution is -2.29. The number of ether oxygens (including phenoxy) is 1. The van der Waals surface area contributed by atoms with Crippen molar-refractivity contribution in [1.82, 2.24) is 19.7 Å². The second-order valence-electron chi connectivity index (χ2n) is 11.5. The number of rotatable bonds is 9. The summed E-state index contributed by atoms with van der Waals surface area (Å²) in [7, 11) is -1.83. The zero-order valence-corrected chi connectivity index (χ0v) is 31.4. The van der Waals surface area contributed by atoms with Crippen molar-refractivity contribution >= 4 is 53.5 Å². The van der Waals surface area contributed by atoms with E-state index in [2.05, 4.69) is 23.0 Å². The van der Waals surface area contributed by atoms with E-state index in [1.807, 2.05) is 19.1 Å². The number of nitriles is 1. The molecule has 5 rings (SSSR count). The molecule has 2 aliphatic heterocycles. The number of hydrogen-bond acceptors (Lipinski definition) is 10. The number of nitrogens with two attached hydrogens (primary N) is 1. The molecule has 0 bridgehead atoms. The molecule has 0 aliphatic carbocycles. The number of thiophene rings is 1. The summed E-state index contributed by atoms with van der Waals surface area (Å²) in [6.45, 7) is 8.65. The minimum Gasteiger partial charge on any atom is -0.481 e. The maximum Gasteiger partial charge on any atom is 0.399 e. The summed E-state index contributed by atoms with van der Waals surface area (Å²) in [6.07, 6.45) is 7.43. The Labute approximate surface area is 306 Å². The van der Waals surface area contributed by atoms with Crippen LogP contribution in [0.3, 0.4) is 0 Å². The molecular formula is C34H47F2N6O8PS. The number of pyridine rings is 1. The van der Waals surface area contributed by atoms with Gasteiger partial charge in [-0.3, -0.25) is 18.9 Å². The molecule has 0 radical (unpaired) electrons. The van der Waals surface area contributed by atoms with Crippen LogP contribution in [-0.2, 0) is 24.6 Å². The van der Waals surface area contributed by atoms with Crippen LogP contribution < -0.4 is 10.5 Å². The number of likely N-dealkylation sites (tertiary alicyclic amines) is 2. The SMILES string of the molecule is CCN(CCC=O)C(C)=O.CN1CCCC1.COc1ccccn1.N#CC1CCN(C=O)C1.NC(=O)c1cc2cc(C(F)(F)P(=O)(O)O)ccc2s1. The van der Waals surface area contributed by atoms with Gasteiger partial charge in [-0.15, -0.1) is 11.3 Å². The van der Waals surface area contributed by atoms with Gasteiger partial charge in [-0.05, 0) is 76.0 Å². The number of hydrogen-bond donors (Lipinski definition) is 3. The number of carbonyl (C=O) groups is 4. The first-order valence-corrected chi connectivity index (χ1v) is 18.7. The number of nitrogens with zero attached hydrogens (tertiary/aromatic N) is 5. The van der Waals surface area contributed by atoms with Crippen molar-refractivity contribution < 1.29 is 47.0 Å². The number of carbonyl (C=O) groups excluding carboxylic acids is 4. The summed E-state index contributed by atoms with van der Waals surface area (Å²) >= 11 is 1.02. The van der Waals surface area contributed by atoms with Crippen LogP contribution in [0.2, 0.25) is 0 Å². The molecule has 4 N–H and O–H groups in total. The second kappa shape index (κ2) is 23.3. The van der Waals surface area contributed by atoms with Gasteiger partial charge in [-0.1, -0.05) is 12.1 Å². The first-order valence-electron chi connectivity index (χ1n) is 16.2. The molecule has 2 aromatic heterocycles. The third-order valence-electron chi connectivity index (χ3n) is 7.54. The number of alkyl halides is 2. The molecule has 0 spiro atoms. The van der Waals surface area contributed by atoms with Crippen molar-refractivity contribution in [3.8, 4) is 11.9 Å². The van der Waals surface area contributed by atoms with Gasteiger partial charge in [0.25, 0.3) is 5.91 Å². The fourth-order valence-corrected chi connectivity index (χ4v) is 5.97. The number of primary amides is 1. The third kappa shape index (κ3) is 15.9. The predicted octanol–water partition coefficient (Wildman–Crippen LogP) is 4.46. The van der Waals surface area contributed by atoms with E-state index in [1.165, 1.54) is 45.0 Å². The van der Waals surface area contributed by atoms with E-state index in [9.17, 15) is 32.5 Å². The zero-order chi connectivity index (χ0) is 39.3. The molecule has 1 unspecified atom stereocenters. The molecule has 286 valence electrons. The van der Waals surface area contributed by atoms with Gasteiger partial charge in [0.15, 0.2) is 0 Å². The fraction of sp³-hybridized carbons (Fsp3) is 0.471. The first-order chi connectivity index (χ1) is 24.5. The van der Waals surface area contributed by atoms with Gasteiger partial charge in [0.2, 0.25) is 18.2 Å². The van der Waals surface area contributed by atoms with Gasteiger partial charge in [-0.25, -0.2) is 4.98 Å². The summed E-state index contributed by atoms with van der Waals surface area (Å²) in [6, 6.07) is 12.1. The molecule has 2 fully saturated rings. The van der Waals surface area contributed by atoms with Gasteiger partial charge < -0.3 is 39.8 Å². The molecule has 0 saturated carbocycles. The van der Waals surface area contributed by atoms with E-state index >= 15 is 0 Å². The normalized spacial score (nSPS) is 15.1. The lowest BCUT2D eigenvalue weighted by molar-refractivity contribution is -0.128. The highest BCUT2D eigenvalue weighted by atomic mass is 32.1. The Hall–Kier alpha value is -4.33. The Morgan fingerprint density at radius 3 is 2.25 bits per heavy atom. The molecule has 1 aromatic carbocycles. The van der Waals surface area contributed by atoms with Crippen molar-refractivity contribution in [2.75, 3.05) is 53.4 Å². The van der Waals surface area contributed by atoms with Gasteiger partial charge in [0.05, 0.1) is 24.0 Å².